The van der Waals surface area contributed by atoms with E-state index in [9.17, 15) is 0 Å². The van der Waals surface area contributed by atoms with Crippen LogP contribution in [0.5, 0.6) is 0 Å². The fourth-order valence-electron chi connectivity index (χ4n) is 6.80. The largest absolute Gasteiger partial charge is 0.273 e. The number of rotatable bonds is 2. The predicted molar refractivity (Wildman–Crippen MR) is 230 cm³/mol. The molecular formula is C49H62Cl2Zr. The summed E-state index contributed by atoms with van der Waals surface area (Å²) in [5.41, 5.74) is 17.5. The van der Waals surface area contributed by atoms with E-state index in [1.807, 2.05) is 12.2 Å². The Balaban J connectivity index is 0.000000307. The summed E-state index contributed by atoms with van der Waals surface area (Å²) in [6.07, 6.45) is 11.0. The molecular weight excluding hydrogens is 751 g/mol. The molecule has 0 nitrogen and oxygen atoms in total. The first-order chi connectivity index (χ1) is 23.1. The second-order valence-electron chi connectivity index (χ2n) is 18.2. The van der Waals surface area contributed by atoms with Gasteiger partial charge in [-0.15, -0.1) is 47.9 Å². The quantitative estimate of drug-likeness (QED) is 0.156. The number of halogens is 2. The van der Waals surface area contributed by atoms with Gasteiger partial charge in [0.15, 0.2) is 0 Å². The van der Waals surface area contributed by atoms with Gasteiger partial charge >= 0.3 is 151 Å². The van der Waals surface area contributed by atoms with E-state index in [1.165, 1.54) is 94.2 Å². The van der Waals surface area contributed by atoms with Crippen molar-refractivity contribution in [2.24, 2.45) is 0 Å². The van der Waals surface area contributed by atoms with E-state index in [2.05, 4.69) is 182 Å². The third kappa shape index (κ3) is 11.6. The fourth-order valence-corrected chi connectivity index (χ4v) is 7.62. The summed E-state index contributed by atoms with van der Waals surface area (Å²) in [7, 11) is 0. The first-order valence-corrected chi connectivity index (χ1v) is 19.5. The van der Waals surface area contributed by atoms with E-state index in [4.69, 9.17) is 0 Å². The minimum atomic E-state index is 0. The van der Waals surface area contributed by atoms with Gasteiger partial charge in [-0.1, -0.05) is 71.6 Å². The number of allylic oxidation sites excluding steroid dienone is 4. The van der Waals surface area contributed by atoms with E-state index in [1.54, 1.807) is 0 Å². The maximum Gasteiger partial charge on any atom is -0.0129 e. The van der Waals surface area contributed by atoms with Crippen LogP contribution in [0.25, 0.3) is 11.1 Å². The fraction of sp³-hybridized carbons (Fsp3) is 0.408. The first-order valence-electron chi connectivity index (χ1n) is 18.3. The summed E-state index contributed by atoms with van der Waals surface area (Å²) in [5, 5.41) is 0. The first kappa shape index (κ1) is 45.8. The van der Waals surface area contributed by atoms with Crippen molar-refractivity contribution in [3.63, 3.8) is 0 Å². The van der Waals surface area contributed by atoms with Gasteiger partial charge in [0.1, 0.15) is 0 Å². The molecule has 0 aliphatic heterocycles. The van der Waals surface area contributed by atoms with Crippen molar-refractivity contribution in [2.75, 3.05) is 0 Å². The molecule has 0 unspecified atom stereocenters. The molecule has 0 saturated carbocycles. The van der Waals surface area contributed by atoms with E-state index in [0.29, 0.717) is 0 Å². The normalized spacial score (nSPS) is 13.1. The van der Waals surface area contributed by atoms with Crippen LogP contribution in [0, 0.1) is 26.0 Å². The third-order valence-electron chi connectivity index (χ3n) is 9.74. The number of fused-ring (bicyclic) bond motifs is 3. The monoisotopic (exact) mass is 810 g/mol. The second-order valence-corrected chi connectivity index (χ2v) is 19.5. The molecule has 0 atom stereocenters. The van der Waals surface area contributed by atoms with Crippen LogP contribution in [0.15, 0.2) is 85.0 Å². The van der Waals surface area contributed by atoms with Crippen LogP contribution in [0.1, 0.15) is 145 Å². The summed E-state index contributed by atoms with van der Waals surface area (Å²) in [6.45, 7) is 31.8. The minimum Gasteiger partial charge on any atom is -0.273 e. The van der Waals surface area contributed by atoms with E-state index >= 15 is 0 Å². The Morgan fingerprint density at radius 1 is 0.596 bits per heavy atom. The van der Waals surface area contributed by atoms with Crippen molar-refractivity contribution in [3.05, 3.63) is 153 Å². The maximum absolute atomic E-state index is 3.69. The number of benzene rings is 4. The van der Waals surface area contributed by atoms with Crippen LogP contribution < -0.4 is 0 Å². The second kappa shape index (κ2) is 17.9. The van der Waals surface area contributed by atoms with Gasteiger partial charge < -0.3 is 0 Å². The molecule has 0 saturated heterocycles. The molecule has 0 radical (unpaired) electrons. The van der Waals surface area contributed by atoms with Gasteiger partial charge in [-0.05, 0) is 35.4 Å². The number of hydrogen-bond donors (Lipinski definition) is 0. The molecule has 0 bridgehead atoms. The topological polar surface area (TPSA) is 0 Å². The van der Waals surface area contributed by atoms with Crippen LogP contribution in [0.3, 0.4) is 0 Å². The van der Waals surface area contributed by atoms with Crippen molar-refractivity contribution in [2.45, 2.75) is 131 Å². The van der Waals surface area contributed by atoms with E-state index in [0.717, 1.165) is 12.8 Å². The van der Waals surface area contributed by atoms with Crippen molar-refractivity contribution in [1.82, 2.24) is 0 Å². The number of hydrogen-bond acceptors (Lipinski definition) is 0. The predicted octanol–water partition coefficient (Wildman–Crippen LogP) is 13.8. The zero-order chi connectivity index (χ0) is 37.2. The molecule has 276 valence electrons. The average molecular weight is 813 g/mol. The van der Waals surface area contributed by atoms with Crippen molar-refractivity contribution < 1.29 is 24.2 Å². The molecule has 0 heterocycles. The molecule has 0 fully saturated rings. The molecule has 2 aliphatic rings. The molecule has 0 aromatic heterocycles. The Hall–Kier alpha value is -2.31. The molecule has 52 heavy (non-hydrogen) atoms. The SMILES string of the molecule is CC(C)(C)c1ccc([C](=[Zr+2])c2ccc(C(C)(C)C)cc2)cc1.Cc1[c-]c2c(cc1C(C)(C)C)-c1cc(C(C)(C)C)c(C)cc1C2.Cl.Cl.[C-]1=CC=CC1. The molecule has 4 aromatic rings. The van der Waals surface area contributed by atoms with Gasteiger partial charge in [0.05, 0.1) is 0 Å². The smallest absolute Gasteiger partial charge is 0.0129 e. The van der Waals surface area contributed by atoms with Crippen molar-refractivity contribution in [3.8, 4) is 11.1 Å². The minimum absolute atomic E-state index is 0. The zero-order valence-corrected chi connectivity index (χ0v) is 38.4. The summed E-state index contributed by atoms with van der Waals surface area (Å²) in [5.74, 6) is 0. The van der Waals surface area contributed by atoms with E-state index in [-0.39, 0.29) is 46.5 Å². The van der Waals surface area contributed by atoms with E-state index < -0.39 is 0 Å². The Labute approximate surface area is 345 Å². The van der Waals surface area contributed by atoms with Gasteiger partial charge in [0, 0.05) is 0 Å². The summed E-state index contributed by atoms with van der Waals surface area (Å²) in [4.78, 5) is 0. The zero-order valence-electron chi connectivity index (χ0n) is 34.3. The molecule has 0 amide bonds. The molecule has 4 aromatic carbocycles. The Morgan fingerprint density at radius 2 is 1.06 bits per heavy atom. The standard InChI is InChI=1S/C23H29.C21H26.C5H5.2ClH.Zr/c1-14-9-16-11-17-10-15(2)21(23(6,7)8)13-19(17)18(16)12-20(14)22(3,4)5;1-20(2,3)18-11-7-16(8-12-18)15-17-9-13-19(14-10-17)21(4,5)6;1-2-4-5-3-1;;;/h9,12-13H,11H2,1-8H3;7-14H,1-6H3;1-3H,4H2;2*1H;/q-1;;-1;;;+2. The average Bonchev–Trinajstić information content (AvgIpc) is 3.70. The van der Waals surface area contributed by atoms with Gasteiger partial charge in [-0.2, -0.15) is 23.8 Å². The third-order valence-corrected chi connectivity index (χ3v) is 11.2. The van der Waals surface area contributed by atoms with Crippen LogP contribution in [-0.4, -0.2) is 3.21 Å². The van der Waals surface area contributed by atoms with Crippen LogP contribution in [-0.2, 0) is 52.3 Å². The van der Waals surface area contributed by atoms with Crippen molar-refractivity contribution in [1.29, 1.82) is 0 Å². The van der Waals surface area contributed by atoms with Crippen LogP contribution in [0.4, 0.5) is 0 Å². The summed E-state index contributed by atoms with van der Waals surface area (Å²) < 4.78 is 1.42. The van der Waals surface area contributed by atoms with Crippen molar-refractivity contribution >= 4 is 28.0 Å². The molecule has 0 spiro atoms. The maximum atomic E-state index is 3.69. The van der Waals surface area contributed by atoms with Gasteiger partial charge in [-0.3, -0.25) is 6.08 Å². The van der Waals surface area contributed by atoms with Gasteiger partial charge in [0.25, 0.3) is 0 Å². The molecule has 3 heteroatoms. The molecule has 0 N–H and O–H groups in total. The van der Waals surface area contributed by atoms with Gasteiger partial charge in [-0.25, -0.2) is 12.2 Å². The van der Waals surface area contributed by atoms with Crippen LogP contribution in [0.2, 0.25) is 0 Å². The Kier molecular flexibility index (Phi) is 15.8. The Bertz CT molecular complexity index is 1740. The molecule has 2 aliphatic carbocycles. The molecule has 6 rings (SSSR count). The summed E-state index contributed by atoms with van der Waals surface area (Å²) in [6, 6.07) is 29.1. The van der Waals surface area contributed by atoms with Gasteiger partial charge in [0.2, 0.25) is 0 Å². The summed E-state index contributed by atoms with van der Waals surface area (Å²) >= 11 is 1.46. The number of aryl methyl sites for hydroxylation is 2. The Morgan fingerprint density at radius 3 is 1.42 bits per heavy atom. The van der Waals surface area contributed by atoms with Crippen LogP contribution >= 0.6 is 24.8 Å².